The Labute approximate surface area is 131 Å². The van der Waals surface area contributed by atoms with E-state index in [1.54, 1.807) is 43.5 Å². The predicted molar refractivity (Wildman–Crippen MR) is 83.7 cm³/mol. The molecule has 1 aliphatic heterocycles. The number of anilines is 1. The van der Waals surface area contributed by atoms with Gasteiger partial charge in [0.25, 0.3) is 11.8 Å². The molecular formula is C17H11N3O3. The summed E-state index contributed by atoms with van der Waals surface area (Å²) in [6, 6.07) is 13.8. The zero-order valence-electron chi connectivity index (χ0n) is 12.2. The molecule has 0 saturated carbocycles. The van der Waals surface area contributed by atoms with Crippen molar-refractivity contribution in [3.63, 3.8) is 0 Å². The molecule has 6 nitrogen and oxygen atoms in total. The van der Waals surface area contributed by atoms with E-state index in [-0.39, 0.29) is 11.4 Å². The predicted octanol–water partition coefficient (Wildman–Crippen LogP) is 2.44. The number of benzene rings is 2. The number of hydrogen-bond acceptors (Lipinski definition) is 5. The van der Waals surface area contributed by atoms with Crippen molar-refractivity contribution in [3.05, 3.63) is 59.9 Å². The number of hydrogen-bond donors (Lipinski definition) is 0. The van der Waals surface area contributed by atoms with Gasteiger partial charge in [0.05, 0.1) is 23.8 Å². The largest absolute Gasteiger partial charge is 0.497 e. The third kappa shape index (κ3) is 1.96. The number of nitrogens with zero attached hydrogens (tertiary/aromatic N) is 3. The summed E-state index contributed by atoms with van der Waals surface area (Å²) in [5, 5.41) is 0. The lowest BCUT2D eigenvalue weighted by molar-refractivity contribution is 0.0923. The van der Waals surface area contributed by atoms with Crippen molar-refractivity contribution in [1.82, 2.24) is 9.97 Å². The van der Waals surface area contributed by atoms with Gasteiger partial charge < -0.3 is 4.74 Å². The molecule has 6 heteroatoms. The summed E-state index contributed by atoms with van der Waals surface area (Å²) in [6.07, 6.45) is 0. The number of fused-ring (bicyclic) bond motifs is 2. The second-order valence-corrected chi connectivity index (χ2v) is 5.05. The van der Waals surface area contributed by atoms with Gasteiger partial charge in [-0.2, -0.15) is 0 Å². The number of methoxy groups -OCH3 is 1. The Balaban J connectivity index is 1.83. The first kappa shape index (κ1) is 13.4. The Morgan fingerprint density at radius 2 is 1.35 bits per heavy atom. The molecule has 23 heavy (non-hydrogen) atoms. The Bertz CT molecular complexity index is 896. The van der Waals surface area contributed by atoms with Crippen molar-refractivity contribution in [2.45, 2.75) is 0 Å². The number of carbonyl (C=O) groups is 2. The number of para-hydroxylation sites is 2. The van der Waals surface area contributed by atoms with Crippen LogP contribution in [0.5, 0.6) is 5.75 Å². The molecule has 2 aromatic carbocycles. The highest BCUT2D eigenvalue weighted by Gasteiger charge is 2.39. The molecule has 0 fully saturated rings. The van der Waals surface area contributed by atoms with Gasteiger partial charge in [0.2, 0.25) is 0 Å². The van der Waals surface area contributed by atoms with Crippen LogP contribution in [-0.2, 0) is 0 Å². The van der Waals surface area contributed by atoms with E-state index in [4.69, 9.17) is 4.74 Å². The van der Waals surface area contributed by atoms with Crippen LogP contribution in [0.1, 0.15) is 21.0 Å². The van der Waals surface area contributed by atoms with E-state index in [1.165, 1.54) is 0 Å². The summed E-state index contributed by atoms with van der Waals surface area (Å²) in [5.74, 6) is -0.283. The zero-order valence-corrected chi connectivity index (χ0v) is 12.2. The van der Waals surface area contributed by atoms with Gasteiger partial charge in [0.15, 0.2) is 11.4 Å². The van der Waals surface area contributed by atoms with Crippen LogP contribution in [-0.4, -0.2) is 28.9 Å². The number of rotatable bonds is 2. The number of carbonyl (C=O) groups excluding carboxylic acids is 2. The lowest BCUT2D eigenvalue weighted by Gasteiger charge is -2.13. The molecule has 3 aromatic rings. The van der Waals surface area contributed by atoms with Crippen LogP contribution in [0.3, 0.4) is 0 Å². The van der Waals surface area contributed by atoms with Crippen molar-refractivity contribution in [2.24, 2.45) is 0 Å². The summed E-state index contributed by atoms with van der Waals surface area (Å²) in [5.41, 5.74) is 1.81. The lowest BCUT2D eigenvalue weighted by Crippen LogP contribution is -2.29. The van der Waals surface area contributed by atoms with Gasteiger partial charge in [-0.05, 0) is 36.4 Å². The van der Waals surface area contributed by atoms with Crippen molar-refractivity contribution < 1.29 is 14.3 Å². The molecule has 2 amide bonds. The second-order valence-electron chi connectivity index (χ2n) is 5.05. The minimum atomic E-state index is -0.464. The molecule has 2 heterocycles. The summed E-state index contributed by atoms with van der Waals surface area (Å²) in [4.78, 5) is 34.8. The van der Waals surface area contributed by atoms with Crippen molar-refractivity contribution in [1.29, 1.82) is 0 Å². The third-order valence-electron chi connectivity index (χ3n) is 3.71. The topological polar surface area (TPSA) is 72.4 Å². The van der Waals surface area contributed by atoms with E-state index in [0.717, 1.165) is 4.90 Å². The molecule has 0 N–H and O–H groups in total. The fraction of sp³-hybridized carbons (Fsp3) is 0.0588. The van der Waals surface area contributed by atoms with Crippen LogP contribution in [0.15, 0.2) is 48.5 Å². The maximum absolute atomic E-state index is 12.6. The smallest absolute Gasteiger partial charge is 0.286 e. The summed E-state index contributed by atoms with van der Waals surface area (Å²) < 4.78 is 5.09. The van der Waals surface area contributed by atoms with Gasteiger partial charge in [-0.1, -0.05) is 12.1 Å². The van der Waals surface area contributed by atoms with Crippen molar-refractivity contribution in [3.8, 4) is 5.75 Å². The molecule has 0 unspecified atom stereocenters. The van der Waals surface area contributed by atoms with E-state index >= 15 is 0 Å². The number of imide groups is 1. The molecule has 0 radical (unpaired) electrons. The minimum absolute atomic E-state index is 0.0875. The summed E-state index contributed by atoms with van der Waals surface area (Å²) >= 11 is 0. The highest BCUT2D eigenvalue weighted by atomic mass is 16.5. The first-order chi connectivity index (χ1) is 11.2. The Kier molecular flexibility index (Phi) is 2.84. The van der Waals surface area contributed by atoms with Gasteiger partial charge in [0.1, 0.15) is 5.75 Å². The van der Waals surface area contributed by atoms with Gasteiger partial charge in [-0.25, -0.2) is 14.9 Å². The lowest BCUT2D eigenvalue weighted by atomic mass is 10.2. The quantitative estimate of drug-likeness (QED) is 0.680. The molecule has 1 aliphatic rings. The van der Waals surface area contributed by atoms with Gasteiger partial charge >= 0.3 is 0 Å². The van der Waals surface area contributed by atoms with E-state index in [9.17, 15) is 9.59 Å². The van der Waals surface area contributed by atoms with E-state index in [2.05, 4.69) is 9.97 Å². The summed E-state index contributed by atoms with van der Waals surface area (Å²) in [6.45, 7) is 0. The molecule has 0 spiro atoms. The fourth-order valence-electron chi connectivity index (χ4n) is 2.57. The zero-order chi connectivity index (χ0) is 16.0. The maximum atomic E-state index is 12.6. The van der Waals surface area contributed by atoms with Gasteiger partial charge in [-0.15, -0.1) is 0 Å². The number of amides is 2. The number of ether oxygens (including phenoxy) is 1. The Morgan fingerprint density at radius 1 is 0.826 bits per heavy atom. The molecule has 0 aliphatic carbocycles. The normalized spacial score (nSPS) is 13.5. The second kappa shape index (κ2) is 4.88. The van der Waals surface area contributed by atoms with Gasteiger partial charge in [-0.3, -0.25) is 9.59 Å². The average molecular weight is 305 g/mol. The fourth-order valence-corrected chi connectivity index (χ4v) is 2.57. The monoisotopic (exact) mass is 305 g/mol. The summed E-state index contributed by atoms with van der Waals surface area (Å²) in [7, 11) is 1.55. The minimum Gasteiger partial charge on any atom is -0.497 e. The highest BCUT2D eigenvalue weighted by Crippen LogP contribution is 2.28. The van der Waals surface area contributed by atoms with Crippen molar-refractivity contribution >= 4 is 28.5 Å². The highest BCUT2D eigenvalue weighted by molar-refractivity contribution is 6.33. The SMILES string of the molecule is COc1ccc(N2C(=O)c3nc4ccccc4nc3C2=O)cc1. The number of aromatic nitrogens is 2. The standard InChI is InChI=1S/C17H11N3O3/c1-23-11-8-6-10(7-9-11)20-16(21)14-15(17(20)22)19-13-5-3-2-4-12(13)18-14/h2-9H,1H3. The van der Waals surface area contributed by atoms with Crippen LogP contribution in [0.4, 0.5) is 5.69 Å². The molecule has 112 valence electrons. The van der Waals surface area contributed by atoms with Crippen molar-refractivity contribution in [2.75, 3.05) is 12.0 Å². The molecular weight excluding hydrogens is 294 g/mol. The Hall–Kier alpha value is -3.28. The third-order valence-corrected chi connectivity index (χ3v) is 3.71. The molecule has 1 aromatic heterocycles. The van der Waals surface area contributed by atoms with Crippen LogP contribution < -0.4 is 9.64 Å². The average Bonchev–Trinajstić information content (AvgIpc) is 2.84. The van der Waals surface area contributed by atoms with Crippen LogP contribution in [0.25, 0.3) is 11.0 Å². The molecule has 0 atom stereocenters. The van der Waals surface area contributed by atoms with Gasteiger partial charge in [0, 0.05) is 0 Å². The van der Waals surface area contributed by atoms with E-state index < -0.39 is 11.8 Å². The van der Waals surface area contributed by atoms with E-state index in [0.29, 0.717) is 22.5 Å². The molecule has 0 saturated heterocycles. The van der Waals surface area contributed by atoms with Crippen LogP contribution in [0.2, 0.25) is 0 Å². The first-order valence-corrected chi connectivity index (χ1v) is 6.98. The van der Waals surface area contributed by atoms with E-state index in [1.807, 2.05) is 12.1 Å². The maximum Gasteiger partial charge on any atom is 0.286 e. The molecule has 0 bridgehead atoms. The first-order valence-electron chi connectivity index (χ1n) is 6.98. The Morgan fingerprint density at radius 3 is 1.83 bits per heavy atom. The van der Waals surface area contributed by atoms with Crippen LogP contribution in [0, 0.1) is 0 Å². The van der Waals surface area contributed by atoms with Crippen LogP contribution >= 0.6 is 0 Å². The molecule has 4 rings (SSSR count).